The van der Waals surface area contributed by atoms with Crippen LogP contribution in [0.5, 0.6) is 11.5 Å². The Balaban J connectivity index is 1.52. The lowest BCUT2D eigenvalue weighted by Gasteiger charge is -2.16. The van der Waals surface area contributed by atoms with Gasteiger partial charge in [-0.25, -0.2) is 9.97 Å². The number of hydrogen-bond acceptors (Lipinski definition) is 6. The highest BCUT2D eigenvalue weighted by molar-refractivity contribution is 5.48. The second-order valence-corrected chi connectivity index (χ2v) is 6.41. The number of rotatable bonds is 9. The normalized spacial score (nSPS) is 11.5. The summed E-state index contributed by atoms with van der Waals surface area (Å²) in [5.74, 6) is 3.90. The Morgan fingerprint density at radius 1 is 0.929 bits per heavy atom. The molecule has 0 aliphatic rings. The van der Waals surface area contributed by atoms with E-state index in [9.17, 15) is 0 Å². The summed E-state index contributed by atoms with van der Waals surface area (Å²) in [6.07, 6.45) is 0. The third-order valence-electron chi connectivity index (χ3n) is 4.24. The van der Waals surface area contributed by atoms with Crippen LogP contribution in [0.4, 0.5) is 11.6 Å². The second-order valence-electron chi connectivity index (χ2n) is 6.41. The van der Waals surface area contributed by atoms with Crippen LogP contribution in [0.25, 0.3) is 0 Å². The van der Waals surface area contributed by atoms with E-state index >= 15 is 0 Å². The van der Waals surface area contributed by atoms with Crippen molar-refractivity contribution >= 4 is 11.6 Å². The summed E-state index contributed by atoms with van der Waals surface area (Å²) in [4.78, 5) is 8.93. The Bertz CT molecular complexity index is 869. The Morgan fingerprint density at radius 2 is 1.61 bits per heavy atom. The Labute approximate surface area is 166 Å². The summed E-state index contributed by atoms with van der Waals surface area (Å²) in [5.41, 5.74) is 1.21. The summed E-state index contributed by atoms with van der Waals surface area (Å²) in [7, 11) is 1.65. The largest absolute Gasteiger partial charge is 0.497 e. The predicted octanol–water partition coefficient (Wildman–Crippen LogP) is 4.46. The van der Waals surface area contributed by atoms with Gasteiger partial charge in [0.05, 0.1) is 13.7 Å². The lowest BCUT2D eigenvalue weighted by molar-refractivity contribution is 0.331. The van der Waals surface area contributed by atoms with E-state index in [4.69, 9.17) is 9.47 Å². The number of hydrogen-bond donors (Lipinski definition) is 2. The van der Waals surface area contributed by atoms with E-state index in [0.717, 1.165) is 23.1 Å². The summed E-state index contributed by atoms with van der Waals surface area (Å²) in [6.45, 7) is 5.16. The summed E-state index contributed by atoms with van der Waals surface area (Å²) >= 11 is 0. The van der Waals surface area contributed by atoms with Gasteiger partial charge in [-0.1, -0.05) is 30.3 Å². The zero-order valence-corrected chi connectivity index (χ0v) is 16.5. The number of ether oxygens (including phenoxy) is 2. The molecular formula is C22H26N4O2. The van der Waals surface area contributed by atoms with Crippen molar-refractivity contribution in [2.45, 2.75) is 19.9 Å². The van der Waals surface area contributed by atoms with Crippen molar-refractivity contribution in [1.82, 2.24) is 9.97 Å². The van der Waals surface area contributed by atoms with E-state index in [1.165, 1.54) is 5.56 Å². The number of aromatic nitrogens is 2. The van der Waals surface area contributed by atoms with Crippen LogP contribution < -0.4 is 20.1 Å². The van der Waals surface area contributed by atoms with Gasteiger partial charge in [-0.15, -0.1) is 0 Å². The van der Waals surface area contributed by atoms with Gasteiger partial charge < -0.3 is 20.1 Å². The molecule has 1 heterocycles. The van der Waals surface area contributed by atoms with Crippen molar-refractivity contribution in [2.24, 2.45) is 0 Å². The van der Waals surface area contributed by atoms with Crippen LogP contribution in [-0.2, 0) is 0 Å². The number of nitrogens with zero attached hydrogens (tertiary/aromatic N) is 2. The fourth-order valence-electron chi connectivity index (χ4n) is 2.80. The molecule has 0 saturated carbocycles. The molecule has 1 unspecified atom stereocenters. The molecule has 0 aliphatic carbocycles. The van der Waals surface area contributed by atoms with E-state index in [1.54, 1.807) is 7.11 Å². The number of anilines is 2. The molecule has 2 N–H and O–H groups in total. The van der Waals surface area contributed by atoms with Gasteiger partial charge in [-0.2, -0.15) is 0 Å². The first-order valence-corrected chi connectivity index (χ1v) is 9.32. The summed E-state index contributed by atoms with van der Waals surface area (Å²) in [6, 6.07) is 19.9. The Hall–Kier alpha value is -3.28. The van der Waals surface area contributed by atoms with Crippen LogP contribution in [0.3, 0.4) is 0 Å². The molecule has 0 spiro atoms. The third kappa shape index (κ3) is 5.61. The van der Waals surface area contributed by atoms with Crippen LogP contribution in [0.15, 0.2) is 60.7 Å². The molecule has 1 aromatic heterocycles. The predicted molar refractivity (Wildman–Crippen MR) is 112 cm³/mol. The van der Waals surface area contributed by atoms with E-state index < -0.39 is 0 Å². The molecule has 1 atom stereocenters. The van der Waals surface area contributed by atoms with Crippen LogP contribution in [0.2, 0.25) is 0 Å². The zero-order valence-electron chi connectivity index (χ0n) is 16.5. The van der Waals surface area contributed by atoms with Crippen molar-refractivity contribution in [3.63, 3.8) is 0 Å². The van der Waals surface area contributed by atoms with E-state index in [-0.39, 0.29) is 6.04 Å². The quantitative estimate of drug-likeness (QED) is 0.536. The monoisotopic (exact) mass is 378 g/mol. The Morgan fingerprint density at radius 3 is 2.32 bits per heavy atom. The zero-order chi connectivity index (χ0) is 19.8. The molecule has 2 aromatic carbocycles. The lowest BCUT2D eigenvalue weighted by atomic mass is 10.1. The van der Waals surface area contributed by atoms with E-state index in [1.807, 2.05) is 55.5 Å². The summed E-state index contributed by atoms with van der Waals surface area (Å²) in [5, 5.41) is 6.72. The lowest BCUT2D eigenvalue weighted by Crippen LogP contribution is -2.14. The first-order chi connectivity index (χ1) is 13.6. The molecule has 28 heavy (non-hydrogen) atoms. The minimum Gasteiger partial charge on any atom is -0.497 e. The van der Waals surface area contributed by atoms with Crippen molar-refractivity contribution in [3.8, 4) is 11.5 Å². The molecule has 3 aromatic rings. The standard InChI is InChI=1S/C22H26N4O2/c1-16(18-7-5-4-6-8-18)24-22-15-21(25-17(2)26-22)23-13-14-28-20-11-9-19(27-3)10-12-20/h4-12,15-16H,13-14H2,1-3H3,(H2,23,24,25,26). The third-order valence-corrected chi connectivity index (χ3v) is 4.24. The highest BCUT2D eigenvalue weighted by Gasteiger charge is 2.08. The molecule has 0 fully saturated rings. The van der Waals surface area contributed by atoms with E-state index in [0.29, 0.717) is 19.0 Å². The molecular weight excluding hydrogens is 352 g/mol. The van der Waals surface area contributed by atoms with Gasteiger partial charge in [0.25, 0.3) is 0 Å². The van der Waals surface area contributed by atoms with Gasteiger partial charge in [0.1, 0.15) is 35.6 Å². The van der Waals surface area contributed by atoms with Crippen molar-refractivity contribution in [3.05, 3.63) is 72.1 Å². The number of nitrogens with one attached hydrogen (secondary N) is 2. The maximum atomic E-state index is 5.73. The van der Waals surface area contributed by atoms with Crippen molar-refractivity contribution in [1.29, 1.82) is 0 Å². The van der Waals surface area contributed by atoms with Gasteiger partial charge in [0.2, 0.25) is 0 Å². The van der Waals surface area contributed by atoms with Gasteiger partial charge in [0, 0.05) is 12.1 Å². The fraction of sp³-hybridized carbons (Fsp3) is 0.273. The molecule has 0 radical (unpaired) electrons. The molecule has 3 rings (SSSR count). The minimum atomic E-state index is 0.154. The SMILES string of the molecule is COc1ccc(OCCNc2cc(NC(C)c3ccccc3)nc(C)n2)cc1. The number of aryl methyl sites for hydroxylation is 1. The average molecular weight is 378 g/mol. The van der Waals surface area contributed by atoms with Crippen LogP contribution in [-0.4, -0.2) is 30.2 Å². The smallest absolute Gasteiger partial charge is 0.132 e. The first-order valence-electron chi connectivity index (χ1n) is 9.32. The van der Waals surface area contributed by atoms with Gasteiger partial charge in [-0.05, 0) is 43.7 Å². The van der Waals surface area contributed by atoms with Gasteiger partial charge in [0.15, 0.2) is 0 Å². The number of methoxy groups -OCH3 is 1. The first kappa shape index (κ1) is 19.5. The highest BCUT2D eigenvalue weighted by atomic mass is 16.5. The minimum absolute atomic E-state index is 0.154. The van der Waals surface area contributed by atoms with Gasteiger partial charge in [-0.3, -0.25) is 0 Å². The fourth-order valence-corrected chi connectivity index (χ4v) is 2.80. The molecule has 6 heteroatoms. The molecule has 0 saturated heterocycles. The molecule has 0 bridgehead atoms. The number of benzene rings is 2. The van der Waals surface area contributed by atoms with Crippen molar-refractivity contribution < 1.29 is 9.47 Å². The maximum absolute atomic E-state index is 5.73. The highest BCUT2D eigenvalue weighted by Crippen LogP contribution is 2.20. The Kier molecular flexibility index (Phi) is 6.68. The summed E-state index contributed by atoms with van der Waals surface area (Å²) < 4.78 is 10.9. The van der Waals surface area contributed by atoms with Crippen LogP contribution >= 0.6 is 0 Å². The average Bonchev–Trinajstić information content (AvgIpc) is 2.72. The van der Waals surface area contributed by atoms with Crippen LogP contribution in [0.1, 0.15) is 24.4 Å². The molecule has 0 aliphatic heterocycles. The topological polar surface area (TPSA) is 68.3 Å². The molecule has 6 nitrogen and oxygen atoms in total. The maximum Gasteiger partial charge on any atom is 0.132 e. The second kappa shape index (κ2) is 9.60. The molecule has 146 valence electrons. The van der Waals surface area contributed by atoms with Crippen LogP contribution in [0, 0.1) is 6.92 Å². The van der Waals surface area contributed by atoms with Gasteiger partial charge >= 0.3 is 0 Å². The van der Waals surface area contributed by atoms with E-state index in [2.05, 4.69) is 39.7 Å². The molecule has 0 amide bonds. The van der Waals surface area contributed by atoms with Crippen molar-refractivity contribution in [2.75, 3.05) is 30.9 Å².